The van der Waals surface area contributed by atoms with E-state index >= 15 is 0 Å². The van der Waals surface area contributed by atoms with Gasteiger partial charge >= 0.3 is 0 Å². The molecule has 2 aromatic heterocycles. The van der Waals surface area contributed by atoms with E-state index in [1.165, 1.54) is 10.4 Å². The number of thiophene rings is 1. The van der Waals surface area contributed by atoms with Crippen molar-refractivity contribution in [2.75, 3.05) is 5.43 Å². The van der Waals surface area contributed by atoms with Crippen LogP contribution < -0.4 is 11.3 Å². The molecule has 0 bridgehead atoms. The molecule has 0 unspecified atom stereocenters. The maximum atomic E-state index is 5.34. The summed E-state index contributed by atoms with van der Waals surface area (Å²) in [6, 6.07) is 5.87. The fourth-order valence-corrected chi connectivity index (χ4v) is 2.17. The SMILES string of the molecule is Cc1ccsc1-c1cc(NN)ccn1. The zero-order chi connectivity index (χ0) is 9.97. The molecule has 72 valence electrons. The first-order valence-electron chi connectivity index (χ1n) is 4.28. The van der Waals surface area contributed by atoms with Gasteiger partial charge in [-0.2, -0.15) is 0 Å². The van der Waals surface area contributed by atoms with Gasteiger partial charge in [-0.25, -0.2) is 0 Å². The van der Waals surface area contributed by atoms with E-state index in [1.807, 2.05) is 12.1 Å². The number of hydrogen-bond donors (Lipinski definition) is 2. The molecule has 0 spiro atoms. The number of nitrogens with two attached hydrogens (primary N) is 1. The number of nitrogens with zero attached hydrogens (tertiary/aromatic N) is 1. The molecule has 0 aliphatic heterocycles. The molecule has 3 N–H and O–H groups in total. The van der Waals surface area contributed by atoms with E-state index < -0.39 is 0 Å². The molecule has 0 aliphatic carbocycles. The number of anilines is 1. The van der Waals surface area contributed by atoms with Crippen LogP contribution >= 0.6 is 11.3 Å². The van der Waals surface area contributed by atoms with Crippen molar-refractivity contribution in [2.24, 2.45) is 5.84 Å². The standard InChI is InChI=1S/C10H11N3S/c1-7-3-5-14-10(7)9-6-8(13-11)2-4-12-9/h2-6H,11H2,1H3,(H,12,13). The lowest BCUT2D eigenvalue weighted by atomic mass is 10.2. The minimum atomic E-state index is 0.878. The van der Waals surface area contributed by atoms with Crippen LogP contribution in [0.1, 0.15) is 5.56 Å². The van der Waals surface area contributed by atoms with Gasteiger partial charge in [-0.15, -0.1) is 11.3 Å². The Morgan fingerprint density at radius 1 is 1.43 bits per heavy atom. The number of nitrogen functional groups attached to an aromatic ring is 1. The van der Waals surface area contributed by atoms with Gasteiger partial charge in [0.2, 0.25) is 0 Å². The quantitative estimate of drug-likeness (QED) is 0.584. The Kier molecular flexibility index (Phi) is 2.47. The molecule has 4 heteroatoms. The summed E-state index contributed by atoms with van der Waals surface area (Å²) in [4.78, 5) is 5.50. The molecule has 0 radical (unpaired) electrons. The van der Waals surface area contributed by atoms with E-state index in [0.29, 0.717) is 0 Å². The van der Waals surface area contributed by atoms with Gasteiger partial charge in [-0.1, -0.05) is 0 Å². The van der Waals surface area contributed by atoms with Crippen molar-refractivity contribution in [1.82, 2.24) is 4.98 Å². The first-order chi connectivity index (χ1) is 6.81. The van der Waals surface area contributed by atoms with Gasteiger partial charge in [-0.05, 0) is 36.1 Å². The third-order valence-corrected chi connectivity index (χ3v) is 3.06. The highest BCUT2D eigenvalue weighted by Crippen LogP contribution is 2.28. The number of hydrazine groups is 1. The predicted molar refractivity (Wildman–Crippen MR) is 60.1 cm³/mol. The molecule has 0 saturated heterocycles. The summed E-state index contributed by atoms with van der Waals surface area (Å²) in [5.41, 5.74) is 5.70. The fourth-order valence-electron chi connectivity index (χ4n) is 1.28. The third-order valence-electron chi connectivity index (χ3n) is 2.02. The maximum absolute atomic E-state index is 5.34. The summed E-state index contributed by atoms with van der Waals surface area (Å²) in [5.74, 6) is 5.34. The number of hydrogen-bond acceptors (Lipinski definition) is 4. The maximum Gasteiger partial charge on any atom is 0.0825 e. The smallest absolute Gasteiger partial charge is 0.0825 e. The zero-order valence-corrected chi connectivity index (χ0v) is 8.64. The second-order valence-corrected chi connectivity index (χ2v) is 3.92. The fraction of sp³-hybridized carbons (Fsp3) is 0.100. The van der Waals surface area contributed by atoms with Crippen molar-refractivity contribution >= 4 is 17.0 Å². The average molecular weight is 205 g/mol. The lowest BCUT2D eigenvalue weighted by molar-refractivity contribution is 1.28. The second kappa shape index (κ2) is 3.77. The topological polar surface area (TPSA) is 50.9 Å². The van der Waals surface area contributed by atoms with Gasteiger partial charge in [0, 0.05) is 6.20 Å². The van der Waals surface area contributed by atoms with E-state index in [0.717, 1.165) is 11.4 Å². The minimum Gasteiger partial charge on any atom is -0.324 e. The highest BCUT2D eigenvalue weighted by Gasteiger charge is 2.04. The lowest BCUT2D eigenvalue weighted by Gasteiger charge is -2.02. The molecular weight excluding hydrogens is 194 g/mol. The van der Waals surface area contributed by atoms with Gasteiger partial charge < -0.3 is 5.43 Å². The van der Waals surface area contributed by atoms with Crippen molar-refractivity contribution < 1.29 is 0 Å². The third kappa shape index (κ3) is 1.62. The van der Waals surface area contributed by atoms with Crippen LogP contribution in [-0.2, 0) is 0 Å². The summed E-state index contributed by atoms with van der Waals surface area (Å²) in [6.07, 6.45) is 1.75. The molecule has 2 rings (SSSR count). The second-order valence-electron chi connectivity index (χ2n) is 3.01. The normalized spacial score (nSPS) is 10.1. The first-order valence-corrected chi connectivity index (χ1v) is 5.16. The number of pyridine rings is 1. The first kappa shape index (κ1) is 9.18. The monoisotopic (exact) mass is 205 g/mol. The molecule has 0 aliphatic rings. The minimum absolute atomic E-state index is 0.878. The van der Waals surface area contributed by atoms with Crippen LogP contribution in [0.15, 0.2) is 29.8 Å². The molecule has 0 atom stereocenters. The molecule has 3 nitrogen and oxygen atoms in total. The number of rotatable bonds is 2. The van der Waals surface area contributed by atoms with Crippen LogP contribution in [0.4, 0.5) is 5.69 Å². The Morgan fingerprint density at radius 3 is 2.93 bits per heavy atom. The Hall–Kier alpha value is -1.39. The van der Waals surface area contributed by atoms with Gasteiger partial charge in [0.05, 0.1) is 16.3 Å². The van der Waals surface area contributed by atoms with E-state index in [1.54, 1.807) is 17.5 Å². The highest BCUT2D eigenvalue weighted by atomic mass is 32.1. The van der Waals surface area contributed by atoms with Crippen molar-refractivity contribution in [2.45, 2.75) is 6.92 Å². The lowest BCUT2D eigenvalue weighted by Crippen LogP contribution is -2.06. The summed E-state index contributed by atoms with van der Waals surface area (Å²) >= 11 is 1.69. The molecule has 0 fully saturated rings. The van der Waals surface area contributed by atoms with Gasteiger partial charge in [-0.3, -0.25) is 10.8 Å². The largest absolute Gasteiger partial charge is 0.324 e. The Morgan fingerprint density at radius 2 is 2.29 bits per heavy atom. The molecule has 0 amide bonds. The number of aryl methyl sites for hydroxylation is 1. The van der Waals surface area contributed by atoms with Crippen LogP contribution in [0.25, 0.3) is 10.6 Å². The predicted octanol–water partition coefficient (Wildman–Crippen LogP) is 2.40. The van der Waals surface area contributed by atoms with E-state index in [2.05, 4.69) is 28.8 Å². The Balaban J connectivity index is 2.47. The van der Waals surface area contributed by atoms with Gasteiger partial charge in [0.1, 0.15) is 0 Å². The molecule has 0 saturated carbocycles. The summed E-state index contributed by atoms with van der Waals surface area (Å²) < 4.78 is 0. The van der Waals surface area contributed by atoms with Crippen molar-refractivity contribution in [3.05, 3.63) is 35.3 Å². The number of aromatic nitrogens is 1. The van der Waals surface area contributed by atoms with Crippen LogP contribution in [0.5, 0.6) is 0 Å². The Labute approximate surface area is 86.6 Å². The molecular formula is C10H11N3S. The van der Waals surface area contributed by atoms with Gasteiger partial charge in [0.15, 0.2) is 0 Å². The molecule has 2 aromatic rings. The van der Waals surface area contributed by atoms with Crippen molar-refractivity contribution in [3.63, 3.8) is 0 Å². The number of nitrogens with one attached hydrogen (secondary N) is 1. The van der Waals surface area contributed by atoms with E-state index in [-0.39, 0.29) is 0 Å². The summed E-state index contributed by atoms with van der Waals surface area (Å²) in [5, 5.41) is 2.06. The van der Waals surface area contributed by atoms with Crippen molar-refractivity contribution in [3.8, 4) is 10.6 Å². The molecule has 2 heterocycles. The van der Waals surface area contributed by atoms with Crippen LogP contribution in [-0.4, -0.2) is 4.98 Å². The zero-order valence-electron chi connectivity index (χ0n) is 7.82. The Bertz CT molecular complexity index is 436. The van der Waals surface area contributed by atoms with Crippen LogP contribution in [0.3, 0.4) is 0 Å². The molecule has 0 aromatic carbocycles. The summed E-state index contributed by atoms with van der Waals surface area (Å²) in [6.45, 7) is 2.08. The van der Waals surface area contributed by atoms with Crippen molar-refractivity contribution in [1.29, 1.82) is 0 Å². The average Bonchev–Trinajstić information content (AvgIpc) is 2.65. The van der Waals surface area contributed by atoms with Crippen LogP contribution in [0, 0.1) is 6.92 Å². The summed E-state index contributed by atoms with van der Waals surface area (Å²) in [7, 11) is 0. The van der Waals surface area contributed by atoms with Gasteiger partial charge in [0.25, 0.3) is 0 Å². The molecule has 14 heavy (non-hydrogen) atoms. The highest BCUT2D eigenvalue weighted by molar-refractivity contribution is 7.13. The van der Waals surface area contributed by atoms with Crippen LogP contribution in [0.2, 0.25) is 0 Å². The van der Waals surface area contributed by atoms with E-state index in [9.17, 15) is 0 Å². The van der Waals surface area contributed by atoms with E-state index in [4.69, 9.17) is 5.84 Å².